The largest absolute Gasteiger partial charge is 0.393 e. The number of hydrogen-bond donors (Lipinski definition) is 2. The Balaban J connectivity index is 3.66. The number of aliphatic hydroxyl groups is 1. The van der Waals surface area contributed by atoms with Crippen LogP contribution in [0.25, 0.3) is 0 Å². The Morgan fingerprint density at radius 1 is 1.31 bits per heavy atom. The summed E-state index contributed by atoms with van der Waals surface area (Å²) in [5.74, 6) is 0. The van der Waals surface area contributed by atoms with Gasteiger partial charge in [-0.2, -0.15) is 8.42 Å². The molecule has 0 bridgehead atoms. The summed E-state index contributed by atoms with van der Waals surface area (Å²) in [6, 6.07) is 0. The van der Waals surface area contributed by atoms with Crippen LogP contribution in [0.4, 0.5) is 0 Å². The van der Waals surface area contributed by atoms with Crippen LogP contribution in [0.2, 0.25) is 0 Å². The smallest absolute Gasteiger partial charge is 0.267 e. The maximum Gasteiger partial charge on any atom is 0.267 e. The van der Waals surface area contributed by atoms with Crippen molar-refractivity contribution in [1.82, 2.24) is 0 Å². The van der Waals surface area contributed by atoms with Crippen molar-refractivity contribution in [1.29, 1.82) is 0 Å². The van der Waals surface area contributed by atoms with E-state index in [1.54, 1.807) is 0 Å². The minimum absolute atomic E-state index is 0.353. The lowest BCUT2D eigenvalue weighted by Gasteiger charge is -2.09. The molecule has 0 radical (unpaired) electrons. The van der Waals surface area contributed by atoms with E-state index in [9.17, 15) is 8.42 Å². The van der Waals surface area contributed by atoms with Gasteiger partial charge >= 0.3 is 0 Å². The summed E-state index contributed by atoms with van der Waals surface area (Å²) < 4.78 is 29.8. The molecule has 0 heterocycles. The molecule has 0 aliphatic rings. The lowest BCUT2D eigenvalue weighted by molar-refractivity contribution is 0.156. The number of rotatable bonds is 6. The molecule has 80 valence electrons. The highest BCUT2D eigenvalue weighted by molar-refractivity contribution is 7.86. The monoisotopic (exact) mass is 210 g/mol. The highest BCUT2D eigenvalue weighted by Crippen LogP contribution is 2.10. The van der Waals surface area contributed by atoms with Crippen molar-refractivity contribution in [2.75, 3.05) is 0 Å². The molecule has 2 atom stereocenters. The van der Waals surface area contributed by atoms with Gasteiger partial charge in [0.05, 0.1) is 11.4 Å². The second kappa shape index (κ2) is 5.57. The van der Waals surface area contributed by atoms with Gasteiger partial charge < -0.3 is 5.11 Å². The van der Waals surface area contributed by atoms with Crippen molar-refractivity contribution in [2.45, 2.75) is 50.9 Å². The zero-order valence-corrected chi connectivity index (χ0v) is 8.92. The number of hydrogen-bond acceptors (Lipinski definition) is 3. The summed E-state index contributed by atoms with van der Waals surface area (Å²) in [4.78, 5) is 0. The van der Waals surface area contributed by atoms with Crippen molar-refractivity contribution < 1.29 is 18.1 Å². The Morgan fingerprint density at radius 3 is 2.23 bits per heavy atom. The topological polar surface area (TPSA) is 74.6 Å². The Morgan fingerprint density at radius 2 is 1.85 bits per heavy atom. The zero-order valence-electron chi connectivity index (χ0n) is 8.10. The summed E-state index contributed by atoms with van der Waals surface area (Å²) in [6.07, 6.45) is 1.94. The van der Waals surface area contributed by atoms with Crippen molar-refractivity contribution in [3.05, 3.63) is 0 Å². The third kappa shape index (κ3) is 6.01. The van der Waals surface area contributed by atoms with Crippen LogP contribution in [0.1, 0.15) is 39.5 Å². The molecule has 2 N–H and O–H groups in total. The van der Waals surface area contributed by atoms with E-state index in [4.69, 9.17) is 9.66 Å². The molecule has 5 heteroatoms. The first-order valence-electron chi connectivity index (χ1n) is 4.52. The van der Waals surface area contributed by atoms with Crippen molar-refractivity contribution in [2.24, 2.45) is 0 Å². The Hall–Kier alpha value is -0.130. The molecule has 0 fully saturated rings. The molecular formula is C8H18O4S. The fraction of sp³-hybridized carbons (Fsp3) is 1.00. The molecule has 0 aliphatic heterocycles. The van der Waals surface area contributed by atoms with E-state index >= 15 is 0 Å². The average Bonchev–Trinajstić information content (AvgIpc) is 2.02. The summed E-state index contributed by atoms with van der Waals surface area (Å²) in [5.41, 5.74) is 0. The zero-order chi connectivity index (χ0) is 10.5. The second-order valence-electron chi connectivity index (χ2n) is 3.32. The van der Waals surface area contributed by atoms with E-state index in [0.29, 0.717) is 25.7 Å². The maximum atomic E-state index is 10.6. The third-order valence-electron chi connectivity index (χ3n) is 2.13. The van der Waals surface area contributed by atoms with Gasteiger partial charge in [0.15, 0.2) is 0 Å². The van der Waals surface area contributed by atoms with Crippen molar-refractivity contribution in [3.63, 3.8) is 0 Å². The van der Waals surface area contributed by atoms with E-state index in [0.717, 1.165) is 0 Å². The minimum Gasteiger partial charge on any atom is -0.393 e. The minimum atomic E-state index is -3.89. The molecule has 0 amide bonds. The van der Waals surface area contributed by atoms with Crippen molar-refractivity contribution in [3.8, 4) is 0 Å². The van der Waals surface area contributed by atoms with E-state index in [1.807, 2.05) is 6.92 Å². The van der Waals surface area contributed by atoms with Crippen LogP contribution < -0.4 is 0 Å². The molecule has 0 rings (SSSR count). The predicted octanol–water partition coefficient (Wildman–Crippen LogP) is 1.20. The molecule has 0 spiro atoms. The highest BCUT2D eigenvalue weighted by atomic mass is 32.2. The number of aliphatic hydroxyl groups excluding tert-OH is 1. The van der Waals surface area contributed by atoms with E-state index in [-0.39, 0.29) is 6.10 Å². The van der Waals surface area contributed by atoms with Gasteiger partial charge in [-0.3, -0.25) is 4.55 Å². The van der Waals surface area contributed by atoms with Crippen LogP contribution in [0, 0.1) is 0 Å². The summed E-state index contributed by atoms with van der Waals surface area (Å²) in [7, 11) is -3.89. The summed E-state index contributed by atoms with van der Waals surface area (Å²) >= 11 is 0. The maximum absolute atomic E-state index is 10.6. The first-order valence-corrected chi connectivity index (χ1v) is 6.02. The molecule has 0 aromatic carbocycles. The molecule has 0 aliphatic carbocycles. The normalized spacial score (nSPS) is 16.9. The van der Waals surface area contributed by atoms with Gasteiger partial charge in [-0.25, -0.2) is 0 Å². The van der Waals surface area contributed by atoms with Gasteiger partial charge in [0.1, 0.15) is 0 Å². The van der Waals surface area contributed by atoms with Gasteiger partial charge in [-0.1, -0.05) is 6.92 Å². The Labute approximate surface area is 79.7 Å². The van der Waals surface area contributed by atoms with Gasteiger partial charge in [-0.15, -0.1) is 0 Å². The molecule has 0 saturated heterocycles. The quantitative estimate of drug-likeness (QED) is 0.646. The fourth-order valence-electron chi connectivity index (χ4n) is 0.994. The molecular weight excluding hydrogens is 192 g/mol. The standard InChI is InChI=1S/C8H18O4S/c1-3-8(9)6-4-5-7(2)13(10,11)12/h7-9H,3-6H2,1-2H3,(H,10,11,12). The summed E-state index contributed by atoms with van der Waals surface area (Å²) in [6.45, 7) is 3.34. The van der Waals surface area contributed by atoms with Crippen LogP contribution in [0.3, 0.4) is 0 Å². The molecule has 2 unspecified atom stereocenters. The molecule has 13 heavy (non-hydrogen) atoms. The Kier molecular flexibility index (Phi) is 5.51. The third-order valence-corrected chi connectivity index (χ3v) is 3.38. The van der Waals surface area contributed by atoms with Gasteiger partial charge in [0.25, 0.3) is 10.1 Å². The first-order chi connectivity index (χ1) is 5.88. The van der Waals surface area contributed by atoms with Crippen LogP contribution in [0.15, 0.2) is 0 Å². The van der Waals surface area contributed by atoms with Crippen molar-refractivity contribution >= 4 is 10.1 Å². The summed E-state index contributed by atoms with van der Waals surface area (Å²) in [5, 5.41) is 8.44. The molecule has 0 aromatic rings. The lowest BCUT2D eigenvalue weighted by Crippen LogP contribution is -2.17. The lowest BCUT2D eigenvalue weighted by atomic mass is 10.1. The molecule has 4 nitrogen and oxygen atoms in total. The van der Waals surface area contributed by atoms with E-state index in [1.165, 1.54) is 6.92 Å². The SMILES string of the molecule is CCC(O)CCCC(C)S(=O)(=O)O. The van der Waals surface area contributed by atoms with Crippen LogP contribution in [-0.4, -0.2) is 29.4 Å². The van der Waals surface area contributed by atoms with E-state index < -0.39 is 15.4 Å². The fourth-order valence-corrected chi connectivity index (χ4v) is 1.46. The van der Waals surface area contributed by atoms with Crippen LogP contribution >= 0.6 is 0 Å². The van der Waals surface area contributed by atoms with Crippen LogP contribution in [0.5, 0.6) is 0 Å². The van der Waals surface area contributed by atoms with Crippen LogP contribution in [-0.2, 0) is 10.1 Å². The average molecular weight is 210 g/mol. The first kappa shape index (κ1) is 12.9. The van der Waals surface area contributed by atoms with Gasteiger partial charge in [0, 0.05) is 0 Å². The van der Waals surface area contributed by atoms with Gasteiger partial charge in [0.2, 0.25) is 0 Å². The molecule has 0 aromatic heterocycles. The predicted molar refractivity (Wildman–Crippen MR) is 51.2 cm³/mol. The van der Waals surface area contributed by atoms with E-state index in [2.05, 4.69) is 0 Å². The highest BCUT2D eigenvalue weighted by Gasteiger charge is 2.16. The second-order valence-corrected chi connectivity index (χ2v) is 5.15. The Bertz CT molecular complexity index is 222. The van der Waals surface area contributed by atoms with Gasteiger partial charge in [-0.05, 0) is 32.6 Å². The molecule has 0 saturated carbocycles.